The third-order valence-corrected chi connectivity index (χ3v) is 6.48. The Morgan fingerprint density at radius 1 is 0.771 bits per heavy atom. The number of hydrogen-bond donors (Lipinski definition) is 2. The number of hydrogen-bond acceptors (Lipinski definition) is 8. The molecular formula is C25H50NO8P. The minimum Gasteiger partial charge on any atom is -0.465 e. The first-order chi connectivity index (χ1) is 16.8. The van der Waals surface area contributed by atoms with E-state index in [1.807, 2.05) is 0 Å². The molecule has 0 spiro atoms. The summed E-state index contributed by atoms with van der Waals surface area (Å²) in [4.78, 5) is 34.0. The van der Waals surface area contributed by atoms with Crippen LogP contribution < -0.4 is 5.73 Å². The summed E-state index contributed by atoms with van der Waals surface area (Å²) < 4.78 is 32.2. The molecule has 0 aliphatic rings. The second-order valence-corrected chi connectivity index (χ2v) is 10.3. The number of carbonyl (C=O) groups is 2. The summed E-state index contributed by atoms with van der Waals surface area (Å²) in [5.41, 5.74) is 5.29. The second-order valence-electron chi connectivity index (χ2n) is 8.87. The number of phosphoric ester groups is 1. The van der Waals surface area contributed by atoms with Gasteiger partial charge < -0.3 is 20.1 Å². The van der Waals surface area contributed by atoms with Crippen molar-refractivity contribution >= 4 is 19.8 Å². The van der Waals surface area contributed by atoms with Crippen molar-refractivity contribution in [3.05, 3.63) is 0 Å². The van der Waals surface area contributed by atoms with Crippen molar-refractivity contribution in [2.45, 2.75) is 129 Å². The van der Waals surface area contributed by atoms with Gasteiger partial charge in [-0.15, -0.1) is 0 Å². The van der Waals surface area contributed by atoms with Gasteiger partial charge >= 0.3 is 19.8 Å². The molecule has 0 rings (SSSR count). The lowest BCUT2D eigenvalue weighted by molar-refractivity contribution is -0.169. The average Bonchev–Trinajstić information content (AvgIpc) is 2.81. The highest BCUT2D eigenvalue weighted by atomic mass is 31.2. The molecule has 9 nitrogen and oxygen atoms in total. The van der Waals surface area contributed by atoms with Gasteiger partial charge in [-0.05, 0) is 12.8 Å². The molecule has 0 aliphatic heterocycles. The molecule has 3 N–H and O–H groups in total. The monoisotopic (exact) mass is 523 g/mol. The summed E-state index contributed by atoms with van der Waals surface area (Å²) in [6, 6.07) is 0. The molecule has 0 radical (unpaired) electrons. The molecule has 0 amide bonds. The van der Waals surface area contributed by atoms with E-state index in [1.54, 1.807) is 0 Å². The zero-order valence-electron chi connectivity index (χ0n) is 22.0. The molecule has 0 fully saturated rings. The molecule has 10 heteroatoms. The van der Waals surface area contributed by atoms with E-state index >= 15 is 0 Å². The minimum atomic E-state index is -4.46. The molecule has 0 heterocycles. The molecule has 0 aliphatic carbocycles. The van der Waals surface area contributed by atoms with Crippen LogP contribution >= 0.6 is 7.82 Å². The van der Waals surface area contributed by atoms with Gasteiger partial charge in [0.25, 0.3) is 0 Å². The Hall–Kier alpha value is -0.990. The Bertz CT molecular complexity index is 576. The number of nitrogens with two attached hydrogens (primary N) is 1. The van der Waals surface area contributed by atoms with E-state index < -0.39 is 20.1 Å². The maximum atomic E-state index is 12.2. The lowest BCUT2D eigenvalue weighted by Gasteiger charge is -2.21. The van der Waals surface area contributed by atoms with Crippen molar-refractivity contribution in [1.82, 2.24) is 0 Å². The maximum absolute atomic E-state index is 12.2. The standard InChI is InChI=1S/C25H50NO8P/c1-3-5-7-9-11-13-15-17-23(27)31-21-19-25(34-35(29,30)32-22-20-26)33-24(28)18-16-14-12-10-8-6-4-2/h25H,3-22,26H2,1-2H3,(H,29,30)/t25-/m1/s1. The van der Waals surface area contributed by atoms with E-state index in [0.29, 0.717) is 12.8 Å². The molecule has 0 saturated heterocycles. The number of carbonyl (C=O) groups excluding carboxylic acids is 2. The Balaban J connectivity index is 4.36. The van der Waals surface area contributed by atoms with Crippen molar-refractivity contribution in [3.63, 3.8) is 0 Å². The Kier molecular flexibility index (Phi) is 22.7. The van der Waals surface area contributed by atoms with Gasteiger partial charge in [0, 0.05) is 25.8 Å². The van der Waals surface area contributed by atoms with Crippen molar-refractivity contribution in [2.24, 2.45) is 5.73 Å². The summed E-state index contributed by atoms with van der Waals surface area (Å²) in [6.07, 6.45) is 14.2. The Morgan fingerprint density at radius 3 is 1.77 bits per heavy atom. The number of phosphoric acid groups is 1. The Labute approximate surface area is 212 Å². The van der Waals surface area contributed by atoms with Crippen LogP contribution in [0.2, 0.25) is 0 Å². The molecule has 35 heavy (non-hydrogen) atoms. The number of unbranched alkanes of at least 4 members (excludes halogenated alkanes) is 12. The van der Waals surface area contributed by atoms with Gasteiger partial charge in [0.2, 0.25) is 6.29 Å². The van der Waals surface area contributed by atoms with Gasteiger partial charge in [0.1, 0.15) is 0 Å². The lowest BCUT2D eigenvalue weighted by atomic mass is 10.1. The summed E-state index contributed by atoms with van der Waals surface area (Å²) in [5, 5.41) is 0. The van der Waals surface area contributed by atoms with Crippen LogP contribution in [0.15, 0.2) is 0 Å². The molecular weight excluding hydrogens is 473 g/mol. The lowest BCUT2D eigenvalue weighted by Crippen LogP contribution is -2.24. The van der Waals surface area contributed by atoms with Crippen LogP contribution in [0.5, 0.6) is 0 Å². The minimum absolute atomic E-state index is 0.0346. The quantitative estimate of drug-likeness (QED) is 0.0624. The fourth-order valence-electron chi connectivity index (χ4n) is 3.48. The van der Waals surface area contributed by atoms with E-state index in [1.165, 1.54) is 44.9 Å². The summed E-state index contributed by atoms with van der Waals surface area (Å²) in [7, 11) is -4.46. The normalized spacial score (nSPS) is 13.8. The number of ether oxygens (including phenoxy) is 2. The highest BCUT2D eigenvalue weighted by Gasteiger charge is 2.29. The maximum Gasteiger partial charge on any atom is 0.475 e. The van der Waals surface area contributed by atoms with Gasteiger partial charge in [0.15, 0.2) is 0 Å². The van der Waals surface area contributed by atoms with Crippen molar-refractivity contribution in [3.8, 4) is 0 Å². The number of esters is 2. The van der Waals surface area contributed by atoms with Gasteiger partial charge in [-0.3, -0.25) is 14.1 Å². The first-order valence-corrected chi connectivity index (χ1v) is 15.0. The molecule has 0 saturated carbocycles. The van der Waals surface area contributed by atoms with E-state index in [4.69, 9.17) is 24.3 Å². The smallest absolute Gasteiger partial charge is 0.465 e. The fraction of sp³-hybridized carbons (Fsp3) is 0.920. The van der Waals surface area contributed by atoms with Crippen LogP contribution in [0.3, 0.4) is 0 Å². The first-order valence-electron chi connectivity index (χ1n) is 13.6. The van der Waals surface area contributed by atoms with E-state index in [2.05, 4.69) is 13.8 Å². The molecule has 2 atom stereocenters. The molecule has 1 unspecified atom stereocenters. The van der Waals surface area contributed by atoms with Gasteiger partial charge in [-0.1, -0.05) is 90.9 Å². The Morgan fingerprint density at radius 2 is 1.26 bits per heavy atom. The van der Waals surface area contributed by atoms with Crippen LogP contribution in [0.25, 0.3) is 0 Å². The van der Waals surface area contributed by atoms with Crippen LogP contribution in [-0.2, 0) is 32.7 Å². The van der Waals surface area contributed by atoms with E-state index in [0.717, 1.165) is 38.5 Å². The SMILES string of the molecule is CCCCCCCCCC(=O)OCC[C@H](OC(=O)CCCCCCCCC)OP(=O)(O)OCCN. The van der Waals surface area contributed by atoms with Crippen LogP contribution in [0.1, 0.15) is 123 Å². The predicted octanol–water partition coefficient (Wildman–Crippen LogP) is 6.16. The van der Waals surface area contributed by atoms with Gasteiger partial charge in [-0.2, -0.15) is 0 Å². The first kappa shape index (κ1) is 34.0. The predicted molar refractivity (Wildman–Crippen MR) is 137 cm³/mol. The molecule has 0 aromatic carbocycles. The number of rotatable bonds is 25. The highest BCUT2D eigenvalue weighted by molar-refractivity contribution is 7.47. The zero-order valence-corrected chi connectivity index (χ0v) is 22.9. The van der Waals surface area contributed by atoms with Crippen molar-refractivity contribution in [1.29, 1.82) is 0 Å². The largest absolute Gasteiger partial charge is 0.475 e. The van der Waals surface area contributed by atoms with E-state index in [9.17, 15) is 19.0 Å². The van der Waals surface area contributed by atoms with Crippen molar-refractivity contribution in [2.75, 3.05) is 19.8 Å². The summed E-state index contributed by atoms with van der Waals surface area (Å²) in [5.74, 6) is -0.880. The summed E-state index contributed by atoms with van der Waals surface area (Å²) in [6.45, 7) is 4.10. The highest BCUT2D eigenvalue weighted by Crippen LogP contribution is 2.45. The van der Waals surface area contributed by atoms with Gasteiger partial charge in [-0.25, -0.2) is 9.09 Å². The average molecular weight is 524 g/mol. The topological polar surface area (TPSA) is 134 Å². The van der Waals surface area contributed by atoms with Crippen molar-refractivity contribution < 1.29 is 37.6 Å². The van der Waals surface area contributed by atoms with Crippen LogP contribution in [0.4, 0.5) is 0 Å². The molecule has 0 aromatic heterocycles. The third kappa shape index (κ3) is 23.2. The second kappa shape index (κ2) is 23.4. The van der Waals surface area contributed by atoms with Gasteiger partial charge in [0.05, 0.1) is 13.2 Å². The molecule has 208 valence electrons. The fourth-order valence-corrected chi connectivity index (χ4v) is 4.32. The van der Waals surface area contributed by atoms with Crippen LogP contribution in [0, 0.1) is 0 Å². The summed E-state index contributed by atoms with van der Waals surface area (Å²) >= 11 is 0. The molecule has 0 aromatic rings. The zero-order chi connectivity index (χ0) is 26.2. The molecule has 0 bridgehead atoms. The third-order valence-electron chi connectivity index (χ3n) is 5.47. The van der Waals surface area contributed by atoms with E-state index in [-0.39, 0.29) is 38.6 Å². The van der Waals surface area contributed by atoms with Crippen LogP contribution in [-0.4, -0.2) is 42.9 Å².